The summed E-state index contributed by atoms with van der Waals surface area (Å²) < 4.78 is 10.5. The van der Waals surface area contributed by atoms with Crippen molar-refractivity contribution in [1.29, 1.82) is 0 Å². The van der Waals surface area contributed by atoms with Gasteiger partial charge in [-0.15, -0.1) is 0 Å². The molecule has 2 aromatic carbocycles. The lowest BCUT2D eigenvalue weighted by molar-refractivity contribution is -0.130. The highest BCUT2D eigenvalue weighted by molar-refractivity contribution is 6.21. The maximum Gasteiger partial charge on any atom is 0.336 e. The van der Waals surface area contributed by atoms with Crippen LogP contribution in [0.15, 0.2) is 42.5 Å². The van der Waals surface area contributed by atoms with Gasteiger partial charge in [0.15, 0.2) is 0 Å². The molecule has 0 bridgehead atoms. The molecule has 1 N–H and O–H groups in total. The van der Waals surface area contributed by atoms with Crippen LogP contribution in [0.25, 0.3) is 11.6 Å². The van der Waals surface area contributed by atoms with Crippen molar-refractivity contribution in [2.45, 2.75) is 19.8 Å². The highest BCUT2D eigenvalue weighted by Gasteiger charge is 2.16. The number of ether oxygens (including phenoxy) is 2. The Labute approximate surface area is 142 Å². The van der Waals surface area contributed by atoms with Gasteiger partial charge in [0, 0.05) is 5.56 Å². The largest absolute Gasteiger partial charge is 0.497 e. The number of carboxylic acid groups (broad SMARTS) is 1. The van der Waals surface area contributed by atoms with E-state index >= 15 is 0 Å². The van der Waals surface area contributed by atoms with Gasteiger partial charge in [-0.05, 0) is 41.3 Å². The zero-order chi connectivity index (χ0) is 17.7. The third kappa shape index (κ3) is 3.96. The van der Waals surface area contributed by atoms with Gasteiger partial charge < -0.3 is 14.6 Å². The first-order valence-corrected chi connectivity index (χ1v) is 7.73. The fraction of sp³-hybridized carbons (Fsp3) is 0.250. The van der Waals surface area contributed by atoms with E-state index in [4.69, 9.17) is 9.47 Å². The topological polar surface area (TPSA) is 55.8 Å². The maximum atomic E-state index is 11.8. The molecule has 0 spiro atoms. The lowest BCUT2D eigenvalue weighted by Crippen LogP contribution is -2.02. The Morgan fingerprint density at radius 3 is 2.21 bits per heavy atom. The zero-order valence-corrected chi connectivity index (χ0v) is 14.4. The van der Waals surface area contributed by atoms with Crippen LogP contribution in [0.1, 0.15) is 36.5 Å². The fourth-order valence-corrected chi connectivity index (χ4v) is 2.42. The van der Waals surface area contributed by atoms with Crippen LogP contribution in [0.3, 0.4) is 0 Å². The van der Waals surface area contributed by atoms with Crippen LogP contribution in [0.2, 0.25) is 0 Å². The molecule has 24 heavy (non-hydrogen) atoms. The number of benzene rings is 2. The lowest BCUT2D eigenvalue weighted by atomic mass is 9.98. The van der Waals surface area contributed by atoms with Crippen molar-refractivity contribution >= 4 is 17.6 Å². The van der Waals surface area contributed by atoms with Gasteiger partial charge in [-0.2, -0.15) is 0 Å². The second-order valence-corrected chi connectivity index (χ2v) is 5.75. The molecule has 0 saturated heterocycles. The Balaban J connectivity index is 2.51. The van der Waals surface area contributed by atoms with Crippen LogP contribution in [-0.4, -0.2) is 25.3 Å². The monoisotopic (exact) mass is 326 g/mol. The molecule has 0 heterocycles. The SMILES string of the molecule is COc1ccc(OC)c(/C(=C/c2ccc(C(C)C)cc2)C(=O)O)c1. The normalized spacial score (nSPS) is 11.5. The third-order valence-corrected chi connectivity index (χ3v) is 3.84. The molecule has 2 aromatic rings. The molecule has 0 unspecified atom stereocenters. The molecule has 4 heteroatoms. The Morgan fingerprint density at radius 1 is 1.04 bits per heavy atom. The van der Waals surface area contributed by atoms with Gasteiger partial charge in [-0.3, -0.25) is 0 Å². The molecule has 0 fully saturated rings. The number of carbonyl (C=O) groups is 1. The first-order chi connectivity index (χ1) is 11.5. The predicted molar refractivity (Wildman–Crippen MR) is 95.6 cm³/mol. The summed E-state index contributed by atoms with van der Waals surface area (Å²) >= 11 is 0. The van der Waals surface area contributed by atoms with Gasteiger partial charge in [-0.25, -0.2) is 4.79 Å². The highest BCUT2D eigenvalue weighted by atomic mass is 16.5. The first-order valence-electron chi connectivity index (χ1n) is 7.73. The van der Waals surface area contributed by atoms with E-state index < -0.39 is 5.97 Å². The van der Waals surface area contributed by atoms with Gasteiger partial charge in [0.25, 0.3) is 0 Å². The van der Waals surface area contributed by atoms with Gasteiger partial charge in [-0.1, -0.05) is 38.1 Å². The van der Waals surface area contributed by atoms with E-state index in [0.29, 0.717) is 23.0 Å². The second kappa shape index (κ2) is 7.68. The summed E-state index contributed by atoms with van der Waals surface area (Å²) in [6, 6.07) is 13.0. The molecule has 0 radical (unpaired) electrons. The molecule has 0 atom stereocenters. The van der Waals surface area contributed by atoms with Crippen molar-refractivity contribution in [2.75, 3.05) is 14.2 Å². The Hall–Kier alpha value is -2.75. The molecule has 0 amide bonds. The molecular weight excluding hydrogens is 304 g/mol. The number of carboxylic acids is 1. The van der Waals surface area contributed by atoms with E-state index in [1.807, 2.05) is 24.3 Å². The summed E-state index contributed by atoms with van der Waals surface area (Å²) in [5.74, 6) is 0.478. The summed E-state index contributed by atoms with van der Waals surface area (Å²) in [5.41, 5.74) is 2.67. The predicted octanol–water partition coefficient (Wildman–Crippen LogP) is 4.45. The van der Waals surface area contributed by atoms with Crippen molar-refractivity contribution in [2.24, 2.45) is 0 Å². The van der Waals surface area contributed by atoms with E-state index in [1.165, 1.54) is 12.7 Å². The average molecular weight is 326 g/mol. The number of hydrogen-bond acceptors (Lipinski definition) is 3. The molecule has 0 aliphatic rings. The highest BCUT2D eigenvalue weighted by Crippen LogP contribution is 2.31. The first kappa shape index (κ1) is 17.6. The van der Waals surface area contributed by atoms with Gasteiger partial charge >= 0.3 is 5.97 Å². The summed E-state index contributed by atoms with van der Waals surface area (Å²) in [7, 11) is 3.06. The Kier molecular flexibility index (Phi) is 5.64. The smallest absolute Gasteiger partial charge is 0.336 e. The van der Waals surface area contributed by atoms with E-state index in [1.54, 1.807) is 31.4 Å². The van der Waals surface area contributed by atoms with Crippen molar-refractivity contribution in [1.82, 2.24) is 0 Å². The van der Waals surface area contributed by atoms with E-state index in [-0.39, 0.29) is 5.57 Å². The molecular formula is C20H22O4. The van der Waals surface area contributed by atoms with E-state index in [2.05, 4.69) is 13.8 Å². The molecule has 0 aromatic heterocycles. The summed E-state index contributed by atoms with van der Waals surface area (Å²) in [5, 5.41) is 9.65. The van der Waals surface area contributed by atoms with Crippen LogP contribution in [-0.2, 0) is 4.79 Å². The van der Waals surface area contributed by atoms with Crippen LogP contribution in [0, 0.1) is 0 Å². The van der Waals surface area contributed by atoms with Crippen LogP contribution < -0.4 is 9.47 Å². The molecule has 0 saturated carbocycles. The molecule has 0 aliphatic heterocycles. The summed E-state index contributed by atoms with van der Waals surface area (Å²) in [6.45, 7) is 4.24. The standard InChI is InChI=1S/C20H22O4/c1-13(2)15-7-5-14(6-8-15)11-18(20(21)22)17-12-16(23-3)9-10-19(17)24-4/h5-13H,1-4H3,(H,21,22)/b18-11-. The minimum atomic E-state index is -1.02. The van der Waals surface area contributed by atoms with Crippen molar-refractivity contribution in [3.8, 4) is 11.5 Å². The maximum absolute atomic E-state index is 11.8. The lowest BCUT2D eigenvalue weighted by Gasteiger charge is -2.11. The number of aliphatic carboxylic acids is 1. The number of rotatable bonds is 6. The van der Waals surface area contributed by atoms with Crippen molar-refractivity contribution < 1.29 is 19.4 Å². The summed E-state index contributed by atoms with van der Waals surface area (Å²) in [4.78, 5) is 11.8. The van der Waals surface area contributed by atoms with Gasteiger partial charge in [0.2, 0.25) is 0 Å². The quantitative estimate of drug-likeness (QED) is 0.629. The molecule has 126 valence electrons. The fourth-order valence-electron chi connectivity index (χ4n) is 2.42. The average Bonchev–Trinajstić information content (AvgIpc) is 2.59. The van der Waals surface area contributed by atoms with Crippen molar-refractivity contribution in [3.05, 3.63) is 59.2 Å². The van der Waals surface area contributed by atoms with E-state index in [0.717, 1.165) is 5.56 Å². The number of methoxy groups -OCH3 is 2. The van der Waals surface area contributed by atoms with Gasteiger partial charge in [0.1, 0.15) is 11.5 Å². The molecule has 4 nitrogen and oxygen atoms in total. The second-order valence-electron chi connectivity index (χ2n) is 5.75. The number of hydrogen-bond donors (Lipinski definition) is 1. The van der Waals surface area contributed by atoms with Gasteiger partial charge in [0.05, 0.1) is 19.8 Å². The van der Waals surface area contributed by atoms with Crippen LogP contribution >= 0.6 is 0 Å². The minimum Gasteiger partial charge on any atom is -0.497 e. The van der Waals surface area contributed by atoms with Crippen LogP contribution in [0.4, 0.5) is 0 Å². The Bertz CT molecular complexity index is 743. The molecule has 2 rings (SSSR count). The van der Waals surface area contributed by atoms with E-state index in [9.17, 15) is 9.90 Å². The Morgan fingerprint density at radius 2 is 1.71 bits per heavy atom. The minimum absolute atomic E-state index is 0.156. The van der Waals surface area contributed by atoms with Crippen LogP contribution in [0.5, 0.6) is 11.5 Å². The van der Waals surface area contributed by atoms with Crippen molar-refractivity contribution in [3.63, 3.8) is 0 Å². The zero-order valence-electron chi connectivity index (χ0n) is 14.4. The molecule has 0 aliphatic carbocycles. The third-order valence-electron chi connectivity index (χ3n) is 3.84. The summed E-state index contributed by atoms with van der Waals surface area (Å²) in [6.07, 6.45) is 1.64.